The van der Waals surface area contributed by atoms with Crippen LogP contribution in [-0.4, -0.2) is 34.8 Å². The number of hydrogen-bond donors (Lipinski definition) is 0. The lowest BCUT2D eigenvalue weighted by molar-refractivity contribution is -0.120. The topological polar surface area (TPSA) is 33.2 Å². The maximum absolute atomic E-state index is 12.6. The summed E-state index contributed by atoms with van der Waals surface area (Å²) in [6.45, 7) is 5.42. The first-order chi connectivity index (χ1) is 12.9. The van der Waals surface area contributed by atoms with Crippen LogP contribution in [0.2, 0.25) is 10.0 Å². The summed E-state index contributed by atoms with van der Waals surface area (Å²) in [5, 5.41) is 1.43. The average molecular weight is 401 g/mol. The van der Waals surface area contributed by atoms with Gasteiger partial charge in [0.25, 0.3) is 0 Å². The minimum Gasteiger partial charge on any atom is -0.298 e. The number of fused-ring (bicyclic) bond motifs is 2. The fourth-order valence-corrected chi connectivity index (χ4v) is 4.51. The van der Waals surface area contributed by atoms with Crippen molar-refractivity contribution in [3.8, 4) is 0 Å². The normalized spacial score (nSPS) is 19.2. The molecular weight excluding hydrogens is 379 g/mol. The molecule has 0 N–H and O–H groups in total. The maximum Gasteiger partial charge on any atom is 0.152 e. The molecule has 0 radical (unpaired) electrons. The number of benzene rings is 1. The third-order valence-electron chi connectivity index (χ3n) is 5.70. The van der Waals surface area contributed by atoms with Crippen molar-refractivity contribution in [2.24, 2.45) is 0 Å². The molecule has 1 aliphatic heterocycles. The third-order valence-corrected chi connectivity index (χ3v) is 6.34. The van der Waals surface area contributed by atoms with Crippen LogP contribution in [0.3, 0.4) is 0 Å². The van der Waals surface area contributed by atoms with E-state index in [-0.39, 0.29) is 11.8 Å². The van der Waals surface area contributed by atoms with Crippen molar-refractivity contribution < 1.29 is 4.79 Å². The highest BCUT2D eigenvalue weighted by Gasteiger charge is 2.32. The highest BCUT2D eigenvalue weighted by Crippen LogP contribution is 2.41. The fraction of sp³-hybridized carbons (Fsp3) is 0.364. The van der Waals surface area contributed by atoms with E-state index in [1.165, 1.54) is 22.3 Å². The van der Waals surface area contributed by atoms with E-state index in [1.54, 1.807) is 0 Å². The SMILES string of the molecule is Cc1nc(CC(=O)CN2CCC3=C(Cc4ccc(Cl)cc43)C2C)ccc1Cl. The smallest absolute Gasteiger partial charge is 0.152 e. The lowest BCUT2D eigenvalue weighted by Crippen LogP contribution is -2.42. The Labute approximate surface area is 170 Å². The maximum atomic E-state index is 12.6. The number of rotatable bonds is 4. The summed E-state index contributed by atoms with van der Waals surface area (Å²) in [6, 6.07) is 10.1. The number of aromatic nitrogens is 1. The second-order valence-electron chi connectivity index (χ2n) is 7.46. The molecule has 0 bridgehead atoms. The van der Waals surface area contributed by atoms with Gasteiger partial charge in [-0.05, 0) is 73.2 Å². The molecule has 27 heavy (non-hydrogen) atoms. The Morgan fingerprint density at radius 3 is 2.85 bits per heavy atom. The zero-order chi connectivity index (χ0) is 19.1. The van der Waals surface area contributed by atoms with Crippen LogP contribution >= 0.6 is 23.2 Å². The number of Topliss-reactive ketones (excluding diaryl/α,β-unsaturated/α-hetero) is 1. The minimum atomic E-state index is 0.193. The Morgan fingerprint density at radius 2 is 2.07 bits per heavy atom. The molecule has 0 saturated carbocycles. The van der Waals surface area contributed by atoms with Crippen LogP contribution < -0.4 is 0 Å². The number of carbonyl (C=O) groups is 1. The molecule has 0 saturated heterocycles. The molecule has 5 heteroatoms. The zero-order valence-corrected chi connectivity index (χ0v) is 17.1. The van der Waals surface area contributed by atoms with Gasteiger partial charge in [0, 0.05) is 23.3 Å². The largest absolute Gasteiger partial charge is 0.298 e. The summed E-state index contributed by atoms with van der Waals surface area (Å²) in [4.78, 5) is 19.3. The van der Waals surface area contributed by atoms with Gasteiger partial charge in [-0.1, -0.05) is 29.3 Å². The Bertz CT molecular complexity index is 951. The molecule has 3 nitrogen and oxygen atoms in total. The highest BCUT2D eigenvalue weighted by atomic mass is 35.5. The van der Waals surface area contributed by atoms with Crippen LogP contribution in [0, 0.1) is 6.92 Å². The molecule has 1 aromatic heterocycles. The summed E-state index contributed by atoms with van der Waals surface area (Å²) in [7, 11) is 0. The number of aryl methyl sites for hydroxylation is 1. The minimum absolute atomic E-state index is 0.193. The van der Waals surface area contributed by atoms with Crippen molar-refractivity contribution in [1.29, 1.82) is 0 Å². The van der Waals surface area contributed by atoms with Crippen molar-refractivity contribution in [3.63, 3.8) is 0 Å². The fourth-order valence-electron chi connectivity index (χ4n) is 4.23. The lowest BCUT2D eigenvalue weighted by Gasteiger charge is -2.34. The first-order valence-corrected chi connectivity index (χ1v) is 10.1. The second kappa shape index (κ2) is 7.38. The zero-order valence-electron chi connectivity index (χ0n) is 15.6. The van der Waals surface area contributed by atoms with E-state index in [1.807, 2.05) is 25.1 Å². The number of halogens is 2. The molecule has 1 aliphatic carbocycles. The van der Waals surface area contributed by atoms with Gasteiger partial charge in [0.1, 0.15) is 0 Å². The van der Waals surface area contributed by atoms with Crippen molar-refractivity contribution in [2.45, 2.75) is 39.2 Å². The van der Waals surface area contributed by atoms with Gasteiger partial charge in [-0.25, -0.2) is 0 Å². The van der Waals surface area contributed by atoms with Gasteiger partial charge < -0.3 is 0 Å². The van der Waals surface area contributed by atoms with Crippen molar-refractivity contribution in [1.82, 2.24) is 9.88 Å². The van der Waals surface area contributed by atoms with E-state index in [2.05, 4.69) is 28.9 Å². The predicted molar refractivity (Wildman–Crippen MR) is 110 cm³/mol. The van der Waals surface area contributed by atoms with Gasteiger partial charge in [-0.2, -0.15) is 0 Å². The van der Waals surface area contributed by atoms with Gasteiger partial charge in [0.15, 0.2) is 5.78 Å². The van der Waals surface area contributed by atoms with Crippen molar-refractivity contribution in [3.05, 3.63) is 68.5 Å². The number of pyridine rings is 1. The van der Waals surface area contributed by atoms with Crippen LogP contribution in [0.15, 0.2) is 35.9 Å². The Morgan fingerprint density at radius 1 is 1.26 bits per heavy atom. The molecule has 0 spiro atoms. The van der Waals surface area contributed by atoms with Gasteiger partial charge >= 0.3 is 0 Å². The third kappa shape index (κ3) is 3.69. The van der Waals surface area contributed by atoms with Gasteiger partial charge in [0.2, 0.25) is 0 Å². The first kappa shape index (κ1) is 18.7. The molecule has 140 valence electrons. The van der Waals surface area contributed by atoms with E-state index >= 15 is 0 Å². The Kier molecular flexibility index (Phi) is 5.11. The predicted octanol–water partition coefficient (Wildman–Crippen LogP) is 4.91. The van der Waals surface area contributed by atoms with Gasteiger partial charge in [0.05, 0.1) is 23.7 Å². The first-order valence-electron chi connectivity index (χ1n) is 9.31. The lowest BCUT2D eigenvalue weighted by atomic mass is 9.93. The molecule has 1 aromatic carbocycles. The standard InChI is InChI=1S/C22H22Cl2N2O/c1-13-22(24)6-5-17(25-13)11-18(27)12-26-8-7-19-20(14(26)2)9-15-3-4-16(23)10-21(15)19/h3-6,10,14H,7-9,11-12H2,1-2H3. The van der Waals surface area contributed by atoms with Crippen LogP contribution in [0.5, 0.6) is 0 Å². The summed E-state index contributed by atoms with van der Waals surface area (Å²) in [5.41, 5.74) is 7.08. The van der Waals surface area contributed by atoms with E-state index in [0.717, 1.165) is 35.8 Å². The summed E-state index contributed by atoms with van der Waals surface area (Å²) in [5.74, 6) is 0.193. The molecule has 4 rings (SSSR count). The summed E-state index contributed by atoms with van der Waals surface area (Å²) >= 11 is 12.2. The molecule has 2 aromatic rings. The van der Waals surface area contributed by atoms with E-state index in [0.29, 0.717) is 18.0 Å². The van der Waals surface area contributed by atoms with Gasteiger partial charge in [-0.15, -0.1) is 0 Å². The van der Waals surface area contributed by atoms with Crippen molar-refractivity contribution in [2.75, 3.05) is 13.1 Å². The van der Waals surface area contributed by atoms with Crippen LogP contribution in [0.25, 0.3) is 5.57 Å². The molecule has 1 unspecified atom stereocenters. The van der Waals surface area contributed by atoms with Crippen LogP contribution in [-0.2, 0) is 17.6 Å². The number of nitrogens with zero attached hydrogens (tertiary/aromatic N) is 2. The molecule has 2 heterocycles. The number of hydrogen-bond acceptors (Lipinski definition) is 3. The molecule has 2 aliphatic rings. The number of ketones is 1. The second-order valence-corrected chi connectivity index (χ2v) is 8.31. The van der Waals surface area contributed by atoms with Crippen LogP contribution in [0.1, 0.15) is 35.9 Å². The van der Waals surface area contributed by atoms with Crippen molar-refractivity contribution >= 4 is 34.6 Å². The molecule has 0 fully saturated rings. The van der Waals surface area contributed by atoms with Gasteiger partial charge in [-0.3, -0.25) is 14.7 Å². The summed E-state index contributed by atoms with van der Waals surface area (Å²) < 4.78 is 0. The van der Waals surface area contributed by atoms with E-state index < -0.39 is 0 Å². The highest BCUT2D eigenvalue weighted by molar-refractivity contribution is 6.31. The average Bonchev–Trinajstić information content (AvgIpc) is 2.99. The molecule has 0 amide bonds. The molecule has 1 atom stereocenters. The van der Waals surface area contributed by atoms with E-state index in [9.17, 15) is 4.79 Å². The Balaban J connectivity index is 1.45. The number of carbonyl (C=O) groups excluding carboxylic acids is 1. The molecular formula is C22H22Cl2N2O. The summed E-state index contributed by atoms with van der Waals surface area (Å²) in [6.07, 6.45) is 2.28. The quantitative estimate of drug-likeness (QED) is 0.730. The Hall–Kier alpha value is -1.68. The van der Waals surface area contributed by atoms with E-state index in [4.69, 9.17) is 23.2 Å². The monoisotopic (exact) mass is 400 g/mol. The van der Waals surface area contributed by atoms with Crippen LogP contribution in [0.4, 0.5) is 0 Å².